The first-order valence-corrected chi connectivity index (χ1v) is 9.72. The summed E-state index contributed by atoms with van der Waals surface area (Å²) in [5.74, 6) is 1.82. The molecule has 3 rings (SSSR count). The molecule has 1 aliphatic carbocycles. The monoisotopic (exact) mass is 367 g/mol. The fourth-order valence-corrected chi connectivity index (χ4v) is 3.20. The van der Waals surface area contributed by atoms with Crippen LogP contribution in [0, 0.1) is 0 Å². The molecule has 144 valence electrons. The Balaban J connectivity index is 1.33. The lowest BCUT2D eigenvalue weighted by Crippen LogP contribution is -2.16. The molecule has 1 aliphatic rings. The fraction of sp³-hybridized carbons (Fsp3) is 0.409. The zero-order valence-corrected chi connectivity index (χ0v) is 15.7. The molecule has 1 heterocycles. The largest absolute Gasteiger partial charge is 0.494 e. The van der Waals surface area contributed by atoms with Gasteiger partial charge < -0.3 is 20.6 Å². The number of aryl methyl sites for hydroxylation is 1. The lowest BCUT2D eigenvalue weighted by Gasteiger charge is -2.16. The molecule has 0 bridgehead atoms. The summed E-state index contributed by atoms with van der Waals surface area (Å²) in [5.41, 5.74) is 8.21. The van der Waals surface area contributed by atoms with Crippen molar-refractivity contribution in [2.75, 3.05) is 13.2 Å². The van der Waals surface area contributed by atoms with E-state index in [2.05, 4.69) is 52.5 Å². The van der Waals surface area contributed by atoms with Gasteiger partial charge in [0.05, 0.1) is 19.3 Å². The minimum atomic E-state index is -0.456. The predicted octanol–water partition coefficient (Wildman–Crippen LogP) is 3.76. The third-order valence-electron chi connectivity index (χ3n) is 4.85. The van der Waals surface area contributed by atoms with Gasteiger partial charge in [0.15, 0.2) is 0 Å². The Hall–Kier alpha value is -2.37. The van der Waals surface area contributed by atoms with Gasteiger partial charge in [0, 0.05) is 17.8 Å². The Morgan fingerprint density at radius 2 is 2.07 bits per heavy atom. The van der Waals surface area contributed by atoms with Crippen molar-refractivity contribution in [3.05, 3.63) is 77.6 Å². The maximum atomic E-state index is 9.11. The van der Waals surface area contributed by atoms with Crippen LogP contribution in [-0.2, 0) is 11.2 Å². The molecular formula is C22H29N3O2. The second kappa shape index (κ2) is 10.1. The Bertz CT molecular complexity index is 752. The SMILES string of the molecule is N[C@@H](CO)c1ncc(C2C=CC(OCCCCCc3ccccc3)=CC2)[nH]1. The van der Waals surface area contributed by atoms with Crippen LogP contribution in [0.3, 0.4) is 0 Å². The van der Waals surface area contributed by atoms with Crippen LogP contribution in [0.1, 0.15) is 54.7 Å². The number of ether oxygens (including phenoxy) is 1. The quantitative estimate of drug-likeness (QED) is 0.558. The number of nitrogens with two attached hydrogens (primary N) is 1. The summed E-state index contributed by atoms with van der Waals surface area (Å²) in [5, 5.41) is 9.11. The Kier molecular flexibility index (Phi) is 7.25. The normalized spacial score (nSPS) is 17.6. The van der Waals surface area contributed by atoms with Crippen molar-refractivity contribution in [2.45, 2.75) is 44.1 Å². The first-order valence-electron chi connectivity index (χ1n) is 9.72. The van der Waals surface area contributed by atoms with Crippen LogP contribution in [0.5, 0.6) is 0 Å². The van der Waals surface area contributed by atoms with Crippen molar-refractivity contribution in [1.29, 1.82) is 0 Å². The molecule has 0 amide bonds. The average molecular weight is 367 g/mol. The van der Waals surface area contributed by atoms with Gasteiger partial charge in [0.2, 0.25) is 0 Å². The highest BCUT2D eigenvalue weighted by Gasteiger charge is 2.16. The van der Waals surface area contributed by atoms with Crippen molar-refractivity contribution in [1.82, 2.24) is 9.97 Å². The van der Waals surface area contributed by atoms with Crippen LogP contribution < -0.4 is 5.73 Å². The number of aromatic nitrogens is 2. The van der Waals surface area contributed by atoms with Gasteiger partial charge in [-0.15, -0.1) is 0 Å². The Morgan fingerprint density at radius 3 is 2.81 bits per heavy atom. The van der Waals surface area contributed by atoms with Gasteiger partial charge >= 0.3 is 0 Å². The summed E-state index contributed by atoms with van der Waals surface area (Å²) < 4.78 is 5.88. The lowest BCUT2D eigenvalue weighted by molar-refractivity contribution is 0.214. The van der Waals surface area contributed by atoms with E-state index in [1.165, 1.54) is 18.4 Å². The number of aromatic amines is 1. The molecular weight excluding hydrogens is 338 g/mol. The second-order valence-electron chi connectivity index (χ2n) is 6.97. The van der Waals surface area contributed by atoms with E-state index in [1.54, 1.807) is 6.20 Å². The number of allylic oxidation sites excluding steroid dienone is 3. The number of aliphatic hydroxyl groups excluding tert-OH is 1. The maximum absolute atomic E-state index is 9.11. The van der Waals surface area contributed by atoms with Gasteiger partial charge in [0.1, 0.15) is 11.6 Å². The third kappa shape index (κ3) is 5.81. The maximum Gasteiger partial charge on any atom is 0.125 e. The molecule has 0 radical (unpaired) electrons. The molecule has 0 fully saturated rings. The highest BCUT2D eigenvalue weighted by molar-refractivity contribution is 5.26. The predicted molar refractivity (Wildman–Crippen MR) is 107 cm³/mol. The van der Waals surface area contributed by atoms with Gasteiger partial charge in [-0.3, -0.25) is 0 Å². The van der Waals surface area contributed by atoms with Crippen LogP contribution >= 0.6 is 0 Å². The van der Waals surface area contributed by atoms with Crippen molar-refractivity contribution < 1.29 is 9.84 Å². The average Bonchev–Trinajstić information content (AvgIpc) is 3.21. The summed E-state index contributed by atoms with van der Waals surface area (Å²) in [6, 6.07) is 10.2. The van der Waals surface area contributed by atoms with Crippen LogP contribution in [0.4, 0.5) is 0 Å². The zero-order valence-electron chi connectivity index (χ0n) is 15.7. The Labute approximate surface area is 161 Å². The van der Waals surface area contributed by atoms with E-state index >= 15 is 0 Å². The number of imidazole rings is 1. The van der Waals surface area contributed by atoms with E-state index in [-0.39, 0.29) is 12.5 Å². The molecule has 0 saturated carbocycles. The van der Waals surface area contributed by atoms with E-state index in [9.17, 15) is 0 Å². The molecule has 0 aliphatic heterocycles. The molecule has 5 nitrogen and oxygen atoms in total. The molecule has 1 aromatic carbocycles. The second-order valence-corrected chi connectivity index (χ2v) is 6.97. The number of hydrogen-bond acceptors (Lipinski definition) is 4. The van der Waals surface area contributed by atoms with E-state index < -0.39 is 6.04 Å². The molecule has 1 unspecified atom stereocenters. The third-order valence-corrected chi connectivity index (χ3v) is 4.85. The molecule has 0 saturated heterocycles. The van der Waals surface area contributed by atoms with Gasteiger partial charge in [-0.2, -0.15) is 0 Å². The summed E-state index contributed by atoms with van der Waals surface area (Å²) in [4.78, 5) is 7.47. The van der Waals surface area contributed by atoms with Crippen molar-refractivity contribution in [3.8, 4) is 0 Å². The topological polar surface area (TPSA) is 84.2 Å². The van der Waals surface area contributed by atoms with E-state index in [0.717, 1.165) is 37.3 Å². The number of hydrogen-bond donors (Lipinski definition) is 3. The minimum absolute atomic E-state index is 0.114. The summed E-state index contributed by atoms with van der Waals surface area (Å²) in [6.07, 6.45) is 13.5. The first-order chi connectivity index (χ1) is 13.3. The van der Waals surface area contributed by atoms with Gasteiger partial charge in [0.25, 0.3) is 0 Å². The molecule has 2 aromatic rings. The molecule has 0 spiro atoms. The highest BCUT2D eigenvalue weighted by Crippen LogP contribution is 2.26. The van der Waals surface area contributed by atoms with Crippen LogP contribution in [-0.4, -0.2) is 28.3 Å². The van der Waals surface area contributed by atoms with E-state index in [4.69, 9.17) is 15.6 Å². The first kappa shape index (κ1) is 19.4. The number of nitrogens with zero attached hydrogens (tertiary/aromatic N) is 1. The van der Waals surface area contributed by atoms with E-state index in [1.807, 2.05) is 6.08 Å². The Morgan fingerprint density at radius 1 is 1.22 bits per heavy atom. The standard InChI is InChI=1S/C22H29N3O2/c23-20(16-26)22-24-15-21(25-22)18-10-12-19(13-11-18)27-14-6-2-5-9-17-7-3-1-4-8-17/h1,3-4,7-8,10,12-13,15,18,20,26H,2,5-6,9,11,14,16,23H2,(H,24,25)/t18?,20-/m0/s1. The molecule has 1 aromatic heterocycles. The molecule has 27 heavy (non-hydrogen) atoms. The van der Waals surface area contributed by atoms with Gasteiger partial charge in [-0.05, 0) is 49.8 Å². The number of aliphatic hydroxyl groups is 1. The lowest BCUT2D eigenvalue weighted by atomic mass is 9.97. The number of benzene rings is 1. The van der Waals surface area contributed by atoms with Crippen molar-refractivity contribution in [2.24, 2.45) is 5.73 Å². The molecule has 2 atom stereocenters. The number of rotatable bonds is 10. The van der Waals surface area contributed by atoms with Crippen LogP contribution in [0.25, 0.3) is 0 Å². The zero-order chi connectivity index (χ0) is 18.9. The molecule has 4 N–H and O–H groups in total. The summed E-state index contributed by atoms with van der Waals surface area (Å²) in [7, 11) is 0. The summed E-state index contributed by atoms with van der Waals surface area (Å²) >= 11 is 0. The minimum Gasteiger partial charge on any atom is -0.494 e. The van der Waals surface area contributed by atoms with Crippen LogP contribution in [0.2, 0.25) is 0 Å². The van der Waals surface area contributed by atoms with Crippen molar-refractivity contribution >= 4 is 0 Å². The highest BCUT2D eigenvalue weighted by atomic mass is 16.5. The van der Waals surface area contributed by atoms with Gasteiger partial charge in [-0.25, -0.2) is 4.98 Å². The fourth-order valence-electron chi connectivity index (χ4n) is 3.20. The number of unbranched alkanes of at least 4 members (excludes halogenated alkanes) is 2. The van der Waals surface area contributed by atoms with Gasteiger partial charge in [-0.1, -0.05) is 36.4 Å². The van der Waals surface area contributed by atoms with Crippen molar-refractivity contribution in [3.63, 3.8) is 0 Å². The smallest absolute Gasteiger partial charge is 0.125 e. The number of H-pyrrole nitrogens is 1. The summed E-state index contributed by atoms with van der Waals surface area (Å²) in [6.45, 7) is 0.645. The molecule has 5 heteroatoms. The number of nitrogens with one attached hydrogen (secondary N) is 1. The van der Waals surface area contributed by atoms with E-state index in [0.29, 0.717) is 5.82 Å². The van der Waals surface area contributed by atoms with Crippen LogP contribution in [0.15, 0.2) is 60.5 Å².